The highest BCUT2D eigenvalue weighted by atomic mass is 32.1. The van der Waals surface area contributed by atoms with Crippen LogP contribution in [0.1, 0.15) is 28.4 Å². The summed E-state index contributed by atoms with van der Waals surface area (Å²) in [4.78, 5) is 38.8. The van der Waals surface area contributed by atoms with E-state index in [0.29, 0.717) is 13.1 Å². The number of hydrogen-bond acceptors (Lipinski definition) is 4. The van der Waals surface area contributed by atoms with Crippen LogP contribution in [-0.4, -0.2) is 51.8 Å². The number of rotatable bonds is 4. The molecule has 1 saturated heterocycles. The van der Waals surface area contributed by atoms with Gasteiger partial charge in [-0.05, 0) is 26.0 Å². The molecule has 1 fully saturated rings. The number of nitrogens with zero attached hydrogens (tertiary/aromatic N) is 2. The van der Waals surface area contributed by atoms with E-state index in [9.17, 15) is 14.4 Å². The fraction of sp³-hybridized carbons (Fsp3) is 0.462. The van der Waals surface area contributed by atoms with Crippen molar-refractivity contribution in [2.45, 2.75) is 26.4 Å². The van der Waals surface area contributed by atoms with Crippen molar-refractivity contribution in [3.05, 3.63) is 21.9 Å². The molecule has 2 amide bonds. The molecule has 7 heteroatoms. The van der Waals surface area contributed by atoms with Crippen molar-refractivity contribution < 1.29 is 19.5 Å². The molecular weight excluding hydrogens is 280 g/mol. The summed E-state index contributed by atoms with van der Waals surface area (Å²) < 4.78 is 0. The van der Waals surface area contributed by atoms with Crippen LogP contribution in [-0.2, 0) is 16.1 Å². The van der Waals surface area contributed by atoms with Crippen LogP contribution in [0, 0.1) is 0 Å². The summed E-state index contributed by atoms with van der Waals surface area (Å²) in [5.74, 6) is -1.98. The summed E-state index contributed by atoms with van der Waals surface area (Å²) in [6.07, 6.45) is 0. The van der Waals surface area contributed by atoms with Gasteiger partial charge in [0.15, 0.2) is 0 Å². The van der Waals surface area contributed by atoms with Gasteiger partial charge in [-0.1, -0.05) is 0 Å². The Labute approximate surface area is 120 Å². The molecule has 2 rings (SSSR count). The van der Waals surface area contributed by atoms with E-state index >= 15 is 0 Å². The van der Waals surface area contributed by atoms with Crippen molar-refractivity contribution in [2.75, 3.05) is 13.1 Å². The molecule has 0 bridgehead atoms. The fourth-order valence-corrected chi connectivity index (χ4v) is 2.96. The van der Waals surface area contributed by atoms with Crippen LogP contribution < -0.4 is 0 Å². The van der Waals surface area contributed by atoms with E-state index in [2.05, 4.69) is 0 Å². The first-order valence-electron chi connectivity index (χ1n) is 6.32. The largest absolute Gasteiger partial charge is 0.477 e. The molecule has 1 aliphatic rings. The molecule has 0 radical (unpaired) electrons. The molecule has 0 saturated carbocycles. The third kappa shape index (κ3) is 2.82. The van der Waals surface area contributed by atoms with Gasteiger partial charge in [-0.2, -0.15) is 0 Å². The number of carbonyl (C=O) groups excluding carboxylic acids is 2. The maximum absolute atomic E-state index is 12.0. The Hall–Kier alpha value is -1.89. The third-order valence-corrected chi connectivity index (χ3v) is 4.24. The van der Waals surface area contributed by atoms with Crippen LogP contribution in [0.5, 0.6) is 0 Å². The first-order chi connectivity index (χ1) is 9.40. The summed E-state index contributed by atoms with van der Waals surface area (Å²) in [7, 11) is 0. The molecule has 1 aliphatic heterocycles. The lowest BCUT2D eigenvalue weighted by Gasteiger charge is -2.35. The van der Waals surface area contributed by atoms with Crippen molar-refractivity contribution in [1.82, 2.24) is 9.80 Å². The number of aromatic carboxylic acids is 1. The Morgan fingerprint density at radius 1 is 1.30 bits per heavy atom. The van der Waals surface area contributed by atoms with Gasteiger partial charge < -0.3 is 14.9 Å². The van der Waals surface area contributed by atoms with Gasteiger partial charge in [0.1, 0.15) is 4.88 Å². The number of carboxylic acids is 1. The van der Waals surface area contributed by atoms with E-state index in [0.717, 1.165) is 16.2 Å². The second-order valence-corrected chi connectivity index (χ2v) is 6.06. The zero-order valence-corrected chi connectivity index (χ0v) is 12.1. The quantitative estimate of drug-likeness (QED) is 0.842. The Bertz CT molecular complexity index is 552. The van der Waals surface area contributed by atoms with Gasteiger partial charge in [0, 0.05) is 24.0 Å². The highest BCUT2D eigenvalue weighted by Gasteiger charge is 2.33. The van der Waals surface area contributed by atoms with E-state index in [1.54, 1.807) is 11.0 Å². The number of amides is 2. The Morgan fingerprint density at radius 3 is 2.55 bits per heavy atom. The Balaban J connectivity index is 2.05. The minimum Gasteiger partial charge on any atom is -0.477 e. The second kappa shape index (κ2) is 5.62. The number of carboxylic acid groups (broad SMARTS) is 1. The zero-order valence-electron chi connectivity index (χ0n) is 11.3. The van der Waals surface area contributed by atoms with Crippen molar-refractivity contribution in [1.29, 1.82) is 0 Å². The van der Waals surface area contributed by atoms with Crippen LogP contribution in [0.3, 0.4) is 0 Å². The minimum absolute atomic E-state index is 0.00829. The first-order valence-corrected chi connectivity index (χ1v) is 7.13. The summed E-state index contributed by atoms with van der Waals surface area (Å²) >= 11 is 1.13. The fourth-order valence-electron chi connectivity index (χ4n) is 2.10. The lowest BCUT2D eigenvalue weighted by molar-refractivity contribution is -0.157. The van der Waals surface area contributed by atoms with Crippen molar-refractivity contribution >= 4 is 29.1 Å². The van der Waals surface area contributed by atoms with Gasteiger partial charge in [0.2, 0.25) is 0 Å². The number of piperazine rings is 1. The predicted octanol–water partition coefficient (Wildman–Crippen LogP) is 1.03. The molecule has 0 atom stereocenters. The Kier molecular flexibility index (Phi) is 4.08. The molecule has 108 valence electrons. The number of thiophene rings is 1. The van der Waals surface area contributed by atoms with Gasteiger partial charge in [-0.3, -0.25) is 9.59 Å². The summed E-state index contributed by atoms with van der Waals surface area (Å²) in [6.45, 7) is 5.02. The standard InChI is InChI=1S/C13H16N2O4S/c1-8(2)15-6-5-14(11(16)12(15)17)7-9-3-4-10(20-9)13(18)19/h3-4,8H,5-7H2,1-2H3,(H,18,19). The van der Waals surface area contributed by atoms with Crippen LogP contribution in [0.15, 0.2) is 12.1 Å². The van der Waals surface area contributed by atoms with Gasteiger partial charge in [0.25, 0.3) is 0 Å². The highest BCUT2D eigenvalue weighted by molar-refractivity contribution is 7.13. The smallest absolute Gasteiger partial charge is 0.345 e. The van der Waals surface area contributed by atoms with Crippen molar-refractivity contribution in [2.24, 2.45) is 0 Å². The molecule has 6 nitrogen and oxygen atoms in total. The monoisotopic (exact) mass is 296 g/mol. The third-order valence-electron chi connectivity index (χ3n) is 3.18. The molecule has 20 heavy (non-hydrogen) atoms. The van der Waals surface area contributed by atoms with E-state index in [1.807, 2.05) is 13.8 Å². The SMILES string of the molecule is CC(C)N1CCN(Cc2ccc(C(=O)O)s2)C(=O)C1=O. The average molecular weight is 296 g/mol. The van der Waals surface area contributed by atoms with Gasteiger partial charge in [-0.15, -0.1) is 11.3 Å². The van der Waals surface area contributed by atoms with Crippen LogP contribution in [0.2, 0.25) is 0 Å². The maximum Gasteiger partial charge on any atom is 0.345 e. The minimum atomic E-state index is -0.978. The molecule has 1 aromatic rings. The lowest BCUT2D eigenvalue weighted by atomic mass is 10.2. The van der Waals surface area contributed by atoms with Gasteiger partial charge in [0.05, 0.1) is 6.54 Å². The van der Waals surface area contributed by atoms with Gasteiger partial charge in [-0.25, -0.2) is 4.79 Å². The van der Waals surface area contributed by atoms with E-state index in [1.165, 1.54) is 11.0 Å². The van der Waals surface area contributed by atoms with Crippen molar-refractivity contribution in [3.8, 4) is 0 Å². The Morgan fingerprint density at radius 2 is 2.00 bits per heavy atom. The first kappa shape index (κ1) is 14.5. The van der Waals surface area contributed by atoms with Crippen LogP contribution in [0.4, 0.5) is 0 Å². The number of carbonyl (C=O) groups is 3. The number of hydrogen-bond donors (Lipinski definition) is 1. The summed E-state index contributed by atoms with van der Waals surface area (Å²) in [6, 6.07) is 3.20. The van der Waals surface area contributed by atoms with Crippen LogP contribution >= 0.6 is 11.3 Å². The molecule has 0 aliphatic carbocycles. The normalized spacial score (nSPS) is 16.1. The average Bonchev–Trinajstić information content (AvgIpc) is 2.83. The molecule has 1 N–H and O–H groups in total. The van der Waals surface area contributed by atoms with E-state index < -0.39 is 17.8 Å². The molecular formula is C13H16N2O4S. The second-order valence-electron chi connectivity index (χ2n) is 4.89. The lowest BCUT2D eigenvalue weighted by Crippen LogP contribution is -2.55. The van der Waals surface area contributed by atoms with E-state index in [4.69, 9.17) is 5.11 Å². The van der Waals surface area contributed by atoms with Crippen molar-refractivity contribution in [3.63, 3.8) is 0 Å². The molecule has 0 unspecified atom stereocenters. The molecule has 0 aromatic carbocycles. The topological polar surface area (TPSA) is 77.9 Å². The molecule has 2 heterocycles. The van der Waals surface area contributed by atoms with E-state index in [-0.39, 0.29) is 17.5 Å². The summed E-state index contributed by atoms with van der Waals surface area (Å²) in [5, 5.41) is 8.86. The van der Waals surface area contributed by atoms with Gasteiger partial charge >= 0.3 is 17.8 Å². The molecule has 1 aromatic heterocycles. The zero-order chi connectivity index (χ0) is 14.9. The highest BCUT2D eigenvalue weighted by Crippen LogP contribution is 2.20. The maximum atomic E-state index is 12.0. The molecule has 0 spiro atoms. The summed E-state index contributed by atoms with van der Waals surface area (Å²) in [5.41, 5.74) is 0. The predicted molar refractivity (Wildman–Crippen MR) is 73.5 cm³/mol. The van der Waals surface area contributed by atoms with Crippen LogP contribution in [0.25, 0.3) is 0 Å².